The van der Waals surface area contributed by atoms with Crippen LogP contribution in [-0.2, 0) is 14.8 Å². The SMILES string of the molecule is CC(=O)C1CCCN(S(=O)(=O)CC2CC2)C1. The van der Waals surface area contributed by atoms with Crippen molar-refractivity contribution < 1.29 is 13.2 Å². The highest BCUT2D eigenvalue weighted by Crippen LogP contribution is 2.32. The Morgan fingerprint density at radius 1 is 1.31 bits per heavy atom. The minimum absolute atomic E-state index is 0.0808. The zero-order chi connectivity index (χ0) is 11.8. The quantitative estimate of drug-likeness (QED) is 0.743. The van der Waals surface area contributed by atoms with Gasteiger partial charge in [-0.05, 0) is 38.5 Å². The first-order chi connectivity index (χ1) is 7.49. The molecule has 0 spiro atoms. The Morgan fingerprint density at radius 3 is 2.56 bits per heavy atom. The maximum Gasteiger partial charge on any atom is 0.214 e. The second-order valence-electron chi connectivity index (χ2n) is 5.03. The number of hydrogen-bond donors (Lipinski definition) is 0. The molecule has 1 unspecified atom stereocenters. The maximum atomic E-state index is 12.0. The van der Waals surface area contributed by atoms with Gasteiger partial charge in [0.05, 0.1) is 5.75 Å². The second-order valence-corrected chi connectivity index (χ2v) is 7.04. The number of Topliss-reactive ketones (excluding diaryl/α,β-unsaturated/α-hetero) is 1. The van der Waals surface area contributed by atoms with Gasteiger partial charge in [-0.3, -0.25) is 4.79 Å². The van der Waals surface area contributed by atoms with Crippen molar-refractivity contribution in [2.24, 2.45) is 11.8 Å². The van der Waals surface area contributed by atoms with Gasteiger partial charge < -0.3 is 0 Å². The maximum absolute atomic E-state index is 12.0. The first-order valence-corrected chi connectivity index (χ1v) is 7.58. The van der Waals surface area contributed by atoms with E-state index in [2.05, 4.69) is 0 Å². The van der Waals surface area contributed by atoms with Gasteiger partial charge in [0.25, 0.3) is 0 Å². The fraction of sp³-hybridized carbons (Fsp3) is 0.909. The van der Waals surface area contributed by atoms with E-state index >= 15 is 0 Å². The van der Waals surface area contributed by atoms with Gasteiger partial charge in [0.2, 0.25) is 10.0 Å². The van der Waals surface area contributed by atoms with Crippen molar-refractivity contribution >= 4 is 15.8 Å². The molecular formula is C11H19NO3S. The molecule has 1 saturated heterocycles. The van der Waals surface area contributed by atoms with Crippen LogP contribution in [0.4, 0.5) is 0 Å². The summed E-state index contributed by atoms with van der Waals surface area (Å²) in [7, 11) is -3.11. The Morgan fingerprint density at radius 2 is 2.00 bits per heavy atom. The molecular weight excluding hydrogens is 226 g/mol. The molecule has 0 aromatic rings. The number of nitrogens with zero attached hydrogens (tertiary/aromatic N) is 1. The molecule has 0 aromatic carbocycles. The average Bonchev–Trinajstić information content (AvgIpc) is 3.01. The average molecular weight is 245 g/mol. The molecule has 1 heterocycles. The van der Waals surface area contributed by atoms with Gasteiger partial charge in [0.15, 0.2) is 0 Å². The molecule has 2 rings (SSSR count). The number of hydrogen-bond acceptors (Lipinski definition) is 3. The summed E-state index contributed by atoms with van der Waals surface area (Å²) in [4.78, 5) is 11.3. The third-order valence-electron chi connectivity index (χ3n) is 3.50. The normalized spacial score (nSPS) is 27.9. The van der Waals surface area contributed by atoms with Gasteiger partial charge in [-0.25, -0.2) is 12.7 Å². The Bertz CT molecular complexity index is 373. The summed E-state index contributed by atoms with van der Waals surface area (Å²) in [6, 6.07) is 0. The topological polar surface area (TPSA) is 54.5 Å². The van der Waals surface area contributed by atoms with E-state index in [4.69, 9.17) is 0 Å². The minimum atomic E-state index is -3.11. The lowest BCUT2D eigenvalue weighted by Gasteiger charge is -2.30. The summed E-state index contributed by atoms with van der Waals surface area (Å²) in [5.74, 6) is 0.703. The van der Waals surface area contributed by atoms with E-state index in [0.717, 1.165) is 25.7 Å². The molecule has 2 aliphatic rings. The molecule has 1 atom stereocenters. The van der Waals surface area contributed by atoms with Crippen molar-refractivity contribution in [2.45, 2.75) is 32.6 Å². The first-order valence-electron chi connectivity index (χ1n) is 5.97. The van der Waals surface area contributed by atoms with Gasteiger partial charge in [-0.2, -0.15) is 0 Å². The van der Waals surface area contributed by atoms with Crippen LogP contribution in [0.2, 0.25) is 0 Å². The second kappa shape index (κ2) is 4.45. The predicted molar refractivity (Wildman–Crippen MR) is 61.5 cm³/mol. The summed E-state index contributed by atoms with van der Waals surface area (Å²) in [5.41, 5.74) is 0. The smallest absolute Gasteiger partial charge is 0.214 e. The van der Waals surface area contributed by atoms with E-state index in [0.29, 0.717) is 19.0 Å². The van der Waals surface area contributed by atoms with E-state index < -0.39 is 10.0 Å². The van der Waals surface area contributed by atoms with E-state index in [1.807, 2.05) is 0 Å². The number of sulfonamides is 1. The van der Waals surface area contributed by atoms with E-state index in [-0.39, 0.29) is 17.5 Å². The minimum Gasteiger partial charge on any atom is -0.300 e. The van der Waals surface area contributed by atoms with Gasteiger partial charge in [0.1, 0.15) is 5.78 Å². The van der Waals surface area contributed by atoms with Crippen molar-refractivity contribution in [2.75, 3.05) is 18.8 Å². The zero-order valence-corrected chi connectivity index (χ0v) is 10.5. The number of piperidine rings is 1. The Hall–Kier alpha value is -0.420. The number of carbonyl (C=O) groups is 1. The molecule has 0 N–H and O–H groups in total. The largest absolute Gasteiger partial charge is 0.300 e. The van der Waals surface area contributed by atoms with Crippen LogP contribution in [0.25, 0.3) is 0 Å². The van der Waals surface area contributed by atoms with Crippen LogP contribution in [0.15, 0.2) is 0 Å². The van der Waals surface area contributed by atoms with Gasteiger partial charge in [-0.1, -0.05) is 0 Å². The summed E-state index contributed by atoms with van der Waals surface area (Å²) < 4.78 is 25.6. The fourth-order valence-electron chi connectivity index (χ4n) is 2.21. The van der Waals surface area contributed by atoms with Crippen LogP contribution in [0.1, 0.15) is 32.6 Å². The lowest BCUT2D eigenvalue weighted by molar-refractivity contribution is -0.121. The van der Waals surface area contributed by atoms with Crippen molar-refractivity contribution in [1.82, 2.24) is 4.31 Å². The summed E-state index contributed by atoms with van der Waals surface area (Å²) >= 11 is 0. The lowest BCUT2D eigenvalue weighted by atomic mass is 9.96. The van der Waals surface area contributed by atoms with Gasteiger partial charge in [-0.15, -0.1) is 0 Å². The zero-order valence-electron chi connectivity index (χ0n) is 9.68. The third-order valence-corrected chi connectivity index (χ3v) is 5.51. The predicted octanol–water partition coefficient (Wildman–Crippen LogP) is 1.03. The van der Waals surface area contributed by atoms with Crippen molar-refractivity contribution in [3.05, 3.63) is 0 Å². The molecule has 5 heteroatoms. The van der Waals surface area contributed by atoms with Crippen molar-refractivity contribution in [3.63, 3.8) is 0 Å². The van der Waals surface area contributed by atoms with Crippen LogP contribution in [0.3, 0.4) is 0 Å². The molecule has 1 aliphatic heterocycles. The highest BCUT2D eigenvalue weighted by Gasteiger charge is 2.35. The van der Waals surface area contributed by atoms with Crippen LogP contribution in [0, 0.1) is 11.8 Å². The van der Waals surface area contributed by atoms with Crippen LogP contribution >= 0.6 is 0 Å². The summed E-state index contributed by atoms with van der Waals surface area (Å²) in [6.45, 7) is 2.56. The summed E-state index contributed by atoms with van der Waals surface area (Å²) in [5, 5.41) is 0. The molecule has 0 amide bonds. The van der Waals surface area contributed by atoms with Crippen LogP contribution < -0.4 is 0 Å². The molecule has 1 aliphatic carbocycles. The van der Waals surface area contributed by atoms with Crippen molar-refractivity contribution in [3.8, 4) is 0 Å². The molecule has 4 nitrogen and oxygen atoms in total. The molecule has 1 saturated carbocycles. The molecule has 2 fully saturated rings. The molecule has 16 heavy (non-hydrogen) atoms. The highest BCUT2D eigenvalue weighted by molar-refractivity contribution is 7.89. The van der Waals surface area contributed by atoms with Gasteiger partial charge >= 0.3 is 0 Å². The Labute approximate surface area is 97.1 Å². The van der Waals surface area contributed by atoms with Crippen molar-refractivity contribution in [1.29, 1.82) is 0 Å². The van der Waals surface area contributed by atoms with Crippen LogP contribution in [0.5, 0.6) is 0 Å². The van der Waals surface area contributed by atoms with E-state index in [9.17, 15) is 13.2 Å². The standard InChI is InChI=1S/C11H19NO3S/c1-9(13)11-3-2-6-12(7-11)16(14,15)8-10-4-5-10/h10-11H,2-8H2,1H3. The number of rotatable bonds is 4. The monoisotopic (exact) mass is 245 g/mol. The number of ketones is 1. The van der Waals surface area contributed by atoms with Gasteiger partial charge in [0, 0.05) is 19.0 Å². The Balaban J connectivity index is 1.99. The van der Waals surface area contributed by atoms with E-state index in [1.54, 1.807) is 6.92 Å². The number of carbonyl (C=O) groups excluding carboxylic acids is 1. The molecule has 0 radical (unpaired) electrons. The fourth-order valence-corrected chi connectivity index (χ4v) is 4.17. The highest BCUT2D eigenvalue weighted by atomic mass is 32.2. The molecule has 92 valence electrons. The summed E-state index contributed by atoms with van der Waals surface area (Å²) in [6.07, 6.45) is 3.74. The third kappa shape index (κ3) is 2.83. The molecule has 0 bridgehead atoms. The lowest BCUT2D eigenvalue weighted by Crippen LogP contribution is -2.43. The molecule has 0 aromatic heterocycles. The van der Waals surface area contributed by atoms with Crippen LogP contribution in [-0.4, -0.2) is 37.3 Å². The van der Waals surface area contributed by atoms with E-state index in [1.165, 1.54) is 4.31 Å². The first kappa shape index (κ1) is 12.0. The Kier molecular flexibility index (Phi) is 3.35.